The highest BCUT2D eigenvalue weighted by Crippen LogP contribution is 2.54. The van der Waals surface area contributed by atoms with Gasteiger partial charge in [-0.05, 0) is 73.2 Å². The lowest BCUT2D eigenvalue weighted by Gasteiger charge is -2.33. The van der Waals surface area contributed by atoms with Gasteiger partial charge >= 0.3 is 7.60 Å². The molecule has 1 heterocycles. The fourth-order valence-electron chi connectivity index (χ4n) is 4.05. The van der Waals surface area contributed by atoms with Gasteiger partial charge in [0.05, 0.1) is 6.04 Å². The SMILES string of the molecule is CC(C)[C@H](N)C(=O)N1CCC[C@H]1C(=O)N[C@@H](C(C)C)P(=O)(Oc1ccc(Cl)cc1)Oc1ccc(Cl)cc1. The average Bonchev–Trinajstić information content (AvgIpc) is 3.34. The molecule has 1 aliphatic heterocycles. The first-order chi connectivity index (χ1) is 17.4. The Morgan fingerprint density at radius 1 is 0.946 bits per heavy atom. The van der Waals surface area contributed by atoms with E-state index in [1.807, 2.05) is 13.8 Å². The molecule has 2 amide bonds. The molecule has 37 heavy (non-hydrogen) atoms. The highest BCUT2D eigenvalue weighted by atomic mass is 35.5. The van der Waals surface area contributed by atoms with Gasteiger partial charge in [0, 0.05) is 16.6 Å². The number of hydrogen-bond donors (Lipinski definition) is 2. The molecule has 3 N–H and O–H groups in total. The van der Waals surface area contributed by atoms with E-state index in [1.165, 1.54) is 4.90 Å². The van der Waals surface area contributed by atoms with Crippen LogP contribution in [-0.2, 0) is 14.2 Å². The predicted octanol–water partition coefficient (Wildman–Crippen LogP) is 5.72. The molecular formula is C26H34Cl2N3O5P. The maximum absolute atomic E-state index is 14.4. The molecule has 2 aromatic rings. The number of likely N-dealkylation sites (tertiary alicyclic amines) is 1. The van der Waals surface area contributed by atoms with Gasteiger partial charge in [0.15, 0.2) is 5.78 Å². The summed E-state index contributed by atoms with van der Waals surface area (Å²) in [6.07, 6.45) is 1.15. The number of carbonyl (C=O) groups excluding carboxylic acids is 2. The Kier molecular flexibility index (Phi) is 9.92. The molecule has 0 spiro atoms. The summed E-state index contributed by atoms with van der Waals surface area (Å²) in [6.45, 7) is 7.77. The van der Waals surface area contributed by atoms with E-state index in [1.54, 1.807) is 62.4 Å². The summed E-state index contributed by atoms with van der Waals surface area (Å²) in [7, 11) is -4.08. The molecule has 0 aliphatic carbocycles. The average molecular weight is 570 g/mol. The van der Waals surface area contributed by atoms with Gasteiger partial charge in [-0.3, -0.25) is 9.59 Å². The Morgan fingerprint density at radius 3 is 1.86 bits per heavy atom. The van der Waals surface area contributed by atoms with Gasteiger partial charge in [0.2, 0.25) is 11.8 Å². The Bertz CT molecular complexity index is 1080. The quantitative estimate of drug-likeness (QED) is 0.354. The number of nitrogens with two attached hydrogens (primary N) is 1. The third kappa shape index (κ3) is 7.41. The molecule has 8 nitrogen and oxygen atoms in total. The van der Waals surface area contributed by atoms with Crippen LogP contribution < -0.4 is 20.1 Å². The summed E-state index contributed by atoms with van der Waals surface area (Å²) >= 11 is 12.0. The monoisotopic (exact) mass is 569 g/mol. The summed E-state index contributed by atoms with van der Waals surface area (Å²) in [4.78, 5) is 28.0. The second-order valence-corrected chi connectivity index (χ2v) is 12.7. The summed E-state index contributed by atoms with van der Waals surface area (Å²) in [5.74, 6) is -1.61. The summed E-state index contributed by atoms with van der Waals surface area (Å²) in [6, 6.07) is 11.3. The van der Waals surface area contributed by atoms with E-state index in [-0.39, 0.29) is 29.2 Å². The van der Waals surface area contributed by atoms with Crippen LogP contribution in [0, 0.1) is 11.8 Å². The number of carbonyl (C=O) groups is 2. The van der Waals surface area contributed by atoms with Gasteiger partial charge < -0.3 is 25.0 Å². The molecular weight excluding hydrogens is 536 g/mol. The van der Waals surface area contributed by atoms with Gasteiger partial charge in [-0.15, -0.1) is 0 Å². The van der Waals surface area contributed by atoms with Crippen LogP contribution in [0.4, 0.5) is 0 Å². The third-order valence-electron chi connectivity index (χ3n) is 6.20. The summed E-state index contributed by atoms with van der Waals surface area (Å²) in [5.41, 5.74) is 6.09. The third-order valence-corrected chi connectivity index (χ3v) is 9.04. The molecule has 202 valence electrons. The molecule has 0 unspecified atom stereocenters. The zero-order valence-corrected chi connectivity index (χ0v) is 23.8. The number of benzene rings is 2. The Labute approximate surface area is 228 Å². The Hall–Kier alpha value is -2.25. The largest absolute Gasteiger partial charge is 0.453 e. The van der Waals surface area contributed by atoms with Crippen molar-refractivity contribution in [1.29, 1.82) is 0 Å². The van der Waals surface area contributed by atoms with Crippen molar-refractivity contribution < 1.29 is 23.2 Å². The first-order valence-corrected chi connectivity index (χ1v) is 14.6. The van der Waals surface area contributed by atoms with E-state index in [2.05, 4.69) is 5.32 Å². The second kappa shape index (κ2) is 12.5. The van der Waals surface area contributed by atoms with Crippen molar-refractivity contribution in [2.24, 2.45) is 17.6 Å². The lowest BCUT2D eigenvalue weighted by atomic mass is 10.0. The zero-order valence-electron chi connectivity index (χ0n) is 21.4. The van der Waals surface area contributed by atoms with Gasteiger partial charge in [-0.2, -0.15) is 0 Å². The van der Waals surface area contributed by atoms with Crippen molar-refractivity contribution in [3.05, 3.63) is 58.6 Å². The molecule has 2 aromatic carbocycles. The minimum atomic E-state index is -4.08. The van der Waals surface area contributed by atoms with Crippen LogP contribution in [0.25, 0.3) is 0 Å². The van der Waals surface area contributed by atoms with Crippen molar-refractivity contribution in [2.75, 3.05) is 6.54 Å². The molecule has 11 heteroatoms. The Balaban J connectivity index is 1.90. The summed E-state index contributed by atoms with van der Waals surface area (Å²) < 4.78 is 26.3. The standard InChI is InChI=1S/C26H34Cl2N3O5P/c1-16(2)23(29)26(33)31-15-5-6-22(31)24(32)30-25(17(3)4)37(34,35-20-11-7-18(27)8-12-20)36-21-13-9-19(28)10-14-21/h7-14,16-17,22-23,25H,5-6,15,29H2,1-4H3,(H,30,32)/t22-,23-,25+/m0/s1. The highest BCUT2D eigenvalue weighted by molar-refractivity contribution is 7.55. The maximum atomic E-state index is 14.4. The van der Waals surface area contributed by atoms with E-state index in [9.17, 15) is 14.2 Å². The van der Waals surface area contributed by atoms with Crippen molar-refractivity contribution in [3.63, 3.8) is 0 Å². The lowest BCUT2D eigenvalue weighted by molar-refractivity contribution is -0.140. The van der Waals surface area contributed by atoms with Gasteiger partial charge in [-0.25, -0.2) is 4.57 Å². The topological polar surface area (TPSA) is 111 Å². The molecule has 3 atom stereocenters. The van der Waals surface area contributed by atoms with Gasteiger partial charge in [0.25, 0.3) is 0 Å². The molecule has 3 rings (SSSR count). The first kappa shape index (κ1) is 29.3. The minimum Gasteiger partial charge on any atom is -0.415 e. The number of nitrogens with zero attached hydrogens (tertiary/aromatic N) is 1. The number of rotatable bonds is 10. The molecule has 0 saturated carbocycles. The number of halogens is 2. The molecule has 0 aromatic heterocycles. The van der Waals surface area contributed by atoms with E-state index >= 15 is 0 Å². The first-order valence-electron chi connectivity index (χ1n) is 12.3. The Morgan fingerprint density at radius 2 is 1.43 bits per heavy atom. The second-order valence-electron chi connectivity index (χ2n) is 9.79. The van der Waals surface area contributed by atoms with Crippen LogP contribution in [0.15, 0.2) is 48.5 Å². The minimum absolute atomic E-state index is 0.0685. The van der Waals surface area contributed by atoms with Crippen LogP contribution in [0.1, 0.15) is 40.5 Å². The van der Waals surface area contributed by atoms with Gasteiger partial charge in [-0.1, -0.05) is 50.9 Å². The van der Waals surface area contributed by atoms with Crippen molar-refractivity contribution >= 4 is 42.6 Å². The van der Waals surface area contributed by atoms with Crippen LogP contribution in [-0.4, -0.2) is 41.1 Å². The normalized spacial score (nSPS) is 17.5. The van der Waals surface area contributed by atoms with E-state index in [0.717, 1.165) is 0 Å². The molecule has 0 radical (unpaired) electrons. The van der Waals surface area contributed by atoms with E-state index in [0.29, 0.717) is 29.4 Å². The number of nitrogens with one attached hydrogen (secondary N) is 1. The fraction of sp³-hybridized carbons (Fsp3) is 0.462. The molecule has 1 fully saturated rings. The van der Waals surface area contributed by atoms with Crippen LogP contribution in [0.2, 0.25) is 10.0 Å². The van der Waals surface area contributed by atoms with Crippen molar-refractivity contribution in [2.45, 2.75) is 58.4 Å². The van der Waals surface area contributed by atoms with Crippen LogP contribution in [0.3, 0.4) is 0 Å². The zero-order chi connectivity index (χ0) is 27.3. The summed E-state index contributed by atoms with van der Waals surface area (Å²) in [5, 5.41) is 3.85. The predicted molar refractivity (Wildman–Crippen MR) is 146 cm³/mol. The van der Waals surface area contributed by atoms with E-state index in [4.69, 9.17) is 38.0 Å². The van der Waals surface area contributed by atoms with Crippen LogP contribution in [0.5, 0.6) is 11.5 Å². The smallest absolute Gasteiger partial charge is 0.415 e. The highest BCUT2D eigenvalue weighted by Gasteiger charge is 2.45. The van der Waals surface area contributed by atoms with E-state index < -0.39 is 31.4 Å². The molecule has 0 bridgehead atoms. The fourth-order valence-corrected chi connectivity index (χ4v) is 6.41. The van der Waals surface area contributed by atoms with Crippen molar-refractivity contribution in [3.8, 4) is 11.5 Å². The molecule has 1 aliphatic rings. The number of hydrogen-bond acceptors (Lipinski definition) is 6. The van der Waals surface area contributed by atoms with Gasteiger partial charge in [0.1, 0.15) is 17.5 Å². The number of amides is 2. The van der Waals surface area contributed by atoms with Crippen molar-refractivity contribution in [1.82, 2.24) is 10.2 Å². The molecule has 1 saturated heterocycles. The lowest BCUT2D eigenvalue weighted by Crippen LogP contribution is -2.54. The van der Waals surface area contributed by atoms with Crippen LogP contribution >= 0.6 is 30.8 Å². The maximum Gasteiger partial charge on any atom is 0.453 e.